The maximum atomic E-state index is 15.3. The number of pyridine rings is 1. The number of hydrogen-bond donors (Lipinski definition) is 2. The average Bonchev–Trinajstić information content (AvgIpc) is 3.79. The van der Waals surface area contributed by atoms with Crippen molar-refractivity contribution >= 4 is 39.1 Å². The number of imidazole rings is 1. The van der Waals surface area contributed by atoms with E-state index in [1.165, 1.54) is 11.8 Å². The molecule has 13 heteroatoms. The number of fused-ring (bicyclic) bond motifs is 4. The highest BCUT2D eigenvalue weighted by Gasteiger charge is 2.32. The van der Waals surface area contributed by atoms with Crippen LogP contribution in [-0.4, -0.2) is 57.9 Å². The van der Waals surface area contributed by atoms with E-state index in [1.54, 1.807) is 31.1 Å². The molecule has 0 aliphatic heterocycles. The molecule has 222 valence electrons. The lowest BCUT2D eigenvalue weighted by Crippen LogP contribution is -2.33. The summed E-state index contributed by atoms with van der Waals surface area (Å²) in [4.78, 5) is 33.8. The minimum Gasteiger partial charge on any atom is -0.453 e. The number of amides is 1. The summed E-state index contributed by atoms with van der Waals surface area (Å²) in [7, 11) is 4.74. The third-order valence-corrected chi connectivity index (χ3v) is 8.57. The second kappa shape index (κ2) is 9.82. The summed E-state index contributed by atoms with van der Waals surface area (Å²) >= 11 is 0. The predicted octanol–water partition coefficient (Wildman–Crippen LogP) is 4.80. The van der Waals surface area contributed by atoms with Gasteiger partial charge in [-0.15, -0.1) is 5.10 Å². The van der Waals surface area contributed by atoms with Crippen LogP contribution in [0.2, 0.25) is 0 Å². The number of carbonyl (C=O) groups is 1. The van der Waals surface area contributed by atoms with Crippen LogP contribution < -0.4 is 11.0 Å². The summed E-state index contributed by atoms with van der Waals surface area (Å²) in [6.07, 6.45) is 6.62. The summed E-state index contributed by atoms with van der Waals surface area (Å²) in [6.45, 7) is 4.16. The van der Waals surface area contributed by atoms with Crippen molar-refractivity contribution in [3.05, 3.63) is 53.2 Å². The Balaban J connectivity index is 1.52. The number of halogens is 1. The zero-order valence-electron chi connectivity index (χ0n) is 24.6. The molecule has 43 heavy (non-hydrogen) atoms. The van der Waals surface area contributed by atoms with Crippen LogP contribution in [-0.2, 0) is 18.8 Å². The van der Waals surface area contributed by atoms with Gasteiger partial charge in [-0.2, -0.15) is 9.49 Å². The Kier molecular flexibility index (Phi) is 6.15. The number of benzene rings is 1. The molecule has 7 rings (SSSR count). The number of methoxy groups -OCH3 is 1. The van der Waals surface area contributed by atoms with E-state index in [-0.39, 0.29) is 23.8 Å². The minimum absolute atomic E-state index is 0.123. The van der Waals surface area contributed by atoms with Gasteiger partial charge in [-0.3, -0.25) is 18.5 Å². The van der Waals surface area contributed by atoms with Crippen LogP contribution in [0.4, 0.5) is 9.18 Å². The molecule has 6 aromatic rings. The van der Waals surface area contributed by atoms with Gasteiger partial charge in [-0.05, 0) is 50.8 Å². The molecular formula is C30H32FN9O3. The molecule has 1 aliphatic rings. The monoisotopic (exact) mass is 585 g/mol. The fraction of sp³-hybridized carbons (Fsp3) is 0.367. The molecule has 12 nitrogen and oxygen atoms in total. The Labute approximate surface area is 245 Å². The van der Waals surface area contributed by atoms with Crippen molar-refractivity contribution in [1.29, 1.82) is 0 Å². The number of nitrogens with zero attached hydrogens (tertiary/aromatic N) is 7. The van der Waals surface area contributed by atoms with Crippen LogP contribution in [0.1, 0.15) is 45.2 Å². The maximum absolute atomic E-state index is 15.3. The third kappa shape index (κ3) is 4.13. The number of aryl methyl sites for hydroxylation is 2. The van der Waals surface area contributed by atoms with Gasteiger partial charge in [-0.1, -0.05) is 6.07 Å². The highest BCUT2D eigenvalue weighted by atomic mass is 19.1. The van der Waals surface area contributed by atoms with E-state index in [0.717, 1.165) is 22.0 Å². The normalized spacial score (nSPS) is 17.2. The molecule has 0 spiro atoms. The zero-order chi connectivity index (χ0) is 30.2. The summed E-state index contributed by atoms with van der Waals surface area (Å²) in [5, 5.41) is 13.1. The number of hydrogen-bond acceptors (Lipinski definition) is 6. The first-order chi connectivity index (χ1) is 20.7. The molecule has 1 amide bonds. The van der Waals surface area contributed by atoms with E-state index in [4.69, 9.17) is 9.72 Å². The first-order valence-electron chi connectivity index (χ1n) is 14.3. The fourth-order valence-corrected chi connectivity index (χ4v) is 6.61. The van der Waals surface area contributed by atoms with Crippen LogP contribution >= 0.6 is 0 Å². The maximum Gasteiger partial charge on any atom is 0.407 e. The lowest BCUT2D eigenvalue weighted by molar-refractivity contribution is 0.166. The van der Waals surface area contributed by atoms with Gasteiger partial charge >= 0.3 is 11.8 Å². The molecule has 0 unspecified atom stereocenters. The lowest BCUT2D eigenvalue weighted by atomic mass is 9.98. The predicted molar refractivity (Wildman–Crippen MR) is 160 cm³/mol. The molecular weight excluding hydrogens is 553 g/mol. The second-order valence-electron chi connectivity index (χ2n) is 11.6. The SMILES string of the molecule is COC(=O)N[C@@H]1CC[C@@H](n2c(=O)n(C)c3cnc4[nH]c(-c5cn(C)nc5F)c(-c5ccc6c(cnn6C(C)C)c5)c4c32)C1. The number of carbonyl (C=O) groups excluding carboxylic acids is 1. The average molecular weight is 586 g/mol. The van der Waals surface area contributed by atoms with Crippen molar-refractivity contribution in [2.45, 2.75) is 51.2 Å². The topological polar surface area (TPSA) is 130 Å². The Bertz CT molecular complexity index is 2110. The first-order valence-corrected chi connectivity index (χ1v) is 14.3. The molecule has 1 aromatic carbocycles. The molecule has 1 fully saturated rings. The van der Waals surface area contributed by atoms with Crippen molar-refractivity contribution in [2.75, 3.05) is 7.11 Å². The number of H-pyrrole nitrogens is 1. The van der Waals surface area contributed by atoms with Crippen molar-refractivity contribution in [1.82, 2.24) is 44.0 Å². The number of aromatic nitrogens is 8. The van der Waals surface area contributed by atoms with E-state index in [2.05, 4.69) is 34.3 Å². The quantitative estimate of drug-likeness (QED) is 0.299. The van der Waals surface area contributed by atoms with Crippen LogP contribution in [0.3, 0.4) is 0 Å². The summed E-state index contributed by atoms with van der Waals surface area (Å²) in [6, 6.07) is 5.95. The van der Waals surface area contributed by atoms with E-state index in [9.17, 15) is 9.59 Å². The molecule has 2 atom stereocenters. The first kappa shape index (κ1) is 26.9. The molecule has 1 aliphatic carbocycles. The van der Waals surface area contributed by atoms with Crippen molar-refractivity contribution < 1.29 is 13.9 Å². The Morgan fingerprint density at radius 2 is 2.00 bits per heavy atom. The largest absolute Gasteiger partial charge is 0.453 e. The standard InChI is InChI=1S/C30H32FN9O3/c1-15(2)40-21-9-6-16(10-17(21)12-33-40)23-24-26-22(13-32-28(24)35-25(23)20-14-37(3)36-27(20)31)38(4)30(42)39(26)19-8-7-18(11-19)34-29(41)43-5/h6,9-10,12-15,18-19H,7-8,11H2,1-5H3,(H,32,35)(H,34,41)/t18-,19-/m1/s1. The molecule has 5 aromatic heterocycles. The highest BCUT2D eigenvalue weighted by Crippen LogP contribution is 2.43. The summed E-state index contributed by atoms with van der Waals surface area (Å²) in [5.41, 5.74) is 5.08. The van der Waals surface area contributed by atoms with Crippen LogP contribution in [0, 0.1) is 5.95 Å². The van der Waals surface area contributed by atoms with Gasteiger partial charge in [-0.25, -0.2) is 14.6 Å². The van der Waals surface area contributed by atoms with Gasteiger partial charge in [0.15, 0.2) is 0 Å². The lowest BCUT2D eigenvalue weighted by Gasteiger charge is -2.15. The second-order valence-corrected chi connectivity index (χ2v) is 11.6. The molecule has 0 bridgehead atoms. The van der Waals surface area contributed by atoms with Crippen molar-refractivity contribution in [3.8, 4) is 22.4 Å². The van der Waals surface area contributed by atoms with Gasteiger partial charge in [0.2, 0.25) is 5.95 Å². The Morgan fingerprint density at radius 1 is 1.19 bits per heavy atom. The fourth-order valence-electron chi connectivity index (χ4n) is 6.61. The van der Waals surface area contributed by atoms with Gasteiger partial charge in [0.1, 0.15) is 5.65 Å². The minimum atomic E-state index is -0.613. The summed E-state index contributed by atoms with van der Waals surface area (Å²) < 4.78 is 26.9. The highest BCUT2D eigenvalue weighted by molar-refractivity contribution is 6.14. The van der Waals surface area contributed by atoms with Crippen molar-refractivity contribution in [3.63, 3.8) is 0 Å². The number of ether oxygens (including phenoxy) is 1. The number of rotatable bonds is 5. The molecule has 2 N–H and O–H groups in total. The van der Waals surface area contributed by atoms with Crippen LogP contribution in [0.15, 0.2) is 41.6 Å². The smallest absolute Gasteiger partial charge is 0.407 e. The zero-order valence-corrected chi connectivity index (χ0v) is 24.6. The Morgan fingerprint density at radius 3 is 2.72 bits per heavy atom. The van der Waals surface area contributed by atoms with E-state index < -0.39 is 12.0 Å². The molecule has 1 saturated carbocycles. The van der Waals surface area contributed by atoms with Crippen LogP contribution in [0.25, 0.3) is 55.4 Å². The van der Waals surface area contributed by atoms with E-state index in [0.29, 0.717) is 52.6 Å². The van der Waals surface area contributed by atoms with Gasteiger partial charge in [0, 0.05) is 49.4 Å². The summed E-state index contributed by atoms with van der Waals surface area (Å²) in [5.74, 6) is -0.613. The van der Waals surface area contributed by atoms with Gasteiger partial charge < -0.3 is 15.0 Å². The molecule has 0 saturated heterocycles. The number of nitrogens with one attached hydrogen (secondary N) is 2. The third-order valence-electron chi connectivity index (χ3n) is 8.57. The van der Waals surface area contributed by atoms with Crippen LogP contribution in [0.5, 0.6) is 0 Å². The van der Waals surface area contributed by atoms with E-state index >= 15 is 4.39 Å². The van der Waals surface area contributed by atoms with Crippen molar-refractivity contribution in [2.24, 2.45) is 14.1 Å². The number of aromatic amines is 1. The Hall–Kier alpha value is -4.94. The van der Waals surface area contributed by atoms with Gasteiger partial charge in [0.05, 0.1) is 52.7 Å². The number of alkyl carbamates (subject to hydrolysis) is 1. The molecule has 0 radical (unpaired) electrons. The van der Waals surface area contributed by atoms with E-state index in [1.807, 2.05) is 33.6 Å². The molecule has 5 heterocycles. The van der Waals surface area contributed by atoms with Gasteiger partial charge in [0.25, 0.3) is 0 Å².